The third-order valence-corrected chi connectivity index (χ3v) is 3.86. The lowest BCUT2D eigenvalue weighted by Gasteiger charge is -2.15. The van der Waals surface area contributed by atoms with E-state index in [1.165, 1.54) is 5.56 Å². The lowest BCUT2D eigenvalue weighted by molar-refractivity contribution is 0.568. The SMILES string of the molecule is CCCNC(C)c1ccc(F)c(-c2ccc(CC)cc2)c1. The number of halogens is 1. The summed E-state index contributed by atoms with van der Waals surface area (Å²) in [5, 5.41) is 3.44. The number of benzene rings is 2. The number of hydrogen-bond donors (Lipinski definition) is 1. The maximum atomic E-state index is 14.1. The van der Waals surface area contributed by atoms with Crippen LogP contribution in [0.3, 0.4) is 0 Å². The van der Waals surface area contributed by atoms with Crippen molar-refractivity contribution in [3.63, 3.8) is 0 Å². The predicted octanol–water partition coefficient (Wildman–Crippen LogP) is 5.12. The Kier molecular flexibility index (Phi) is 5.51. The second kappa shape index (κ2) is 7.37. The van der Waals surface area contributed by atoms with E-state index < -0.39 is 0 Å². The van der Waals surface area contributed by atoms with Gasteiger partial charge in [0.25, 0.3) is 0 Å². The Bertz CT molecular complexity index is 575. The fourth-order valence-electron chi connectivity index (χ4n) is 2.43. The molecule has 0 amide bonds. The molecular weight excluding hydrogens is 261 g/mol. The molecular formula is C19H24FN. The summed E-state index contributed by atoms with van der Waals surface area (Å²) in [5.74, 6) is -0.161. The zero-order chi connectivity index (χ0) is 15.2. The monoisotopic (exact) mass is 285 g/mol. The molecule has 1 nitrogen and oxygen atoms in total. The predicted molar refractivity (Wildman–Crippen MR) is 87.9 cm³/mol. The smallest absolute Gasteiger partial charge is 0.131 e. The van der Waals surface area contributed by atoms with Crippen LogP contribution in [0.4, 0.5) is 4.39 Å². The van der Waals surface area contributed by atoms with Gasteiger partial charge in [-0.25, -0.2) is 4.39 Å². The van der Waals surface area contributed by atoms with Crippen LogP contribution in [0, 0.1) is 5.82 Å². The van der Waals surface area contributed by atoms with Crippen molar-refractivity contribution in [2.75, 3.05) is 6.54 Å². The summed E-state index contributed by atoms with van der Waals surface area (Å²) in [4.78, 5) is 0. The number of hydrogen-bond acceptors (Lipinski definition) is 1. The van der Waals surface area contributed by atoms with Gasteiger partial charge in [0.2, 0.25) is 0 Å². The normalized spacial score (nSPS) is 12.4. The Balaban J connectivity index is 2.29. The average Bonchev–Trinajstić information content (AvgIpc) is 2.53. The van der Waals surface area contributed by atoms with Gasteiger partial charge in [-0.3, -0.25) is 0 Å². The molecule has 1 N–H and O–H groups in total. The highest BCUT2D eigenvalue weighted by molar-refractivity contribution is 5.65. The molecule has 0 spiro atoms. The molecule has 0 aliphatic heterocycles. The van der Waals surface area contributed by atoms with Gasteiger partial charge in [-0.1, -0.05) is 44.2 Å². The van der Waals surface area contributed by atoms with E-state index in [9.17, 15) is 4.39 Å². The summed E-state index contributed by atoms with van der Waals surface area (Å²) < 4.78 is 14.1. The van der Waals surface area contributed by atoms with Gasteiger partial charge < -0.3 is 5.32 Å². The van der Waals surface area contributed by atoms with Crippen molar-refractivity contribution in [2.24, 2.45) is 0 Å². The number of rotatable bonds is 6. The Morgan fingerprint density at radius 1 is 1.05 bits per heavy atom. The third-order valence-electron chi connectivity index (χ3n) is 3.86. The van der Waals surface area contributed by atoms with Gasteiger partial charge in [-0.05, 0) is 55.1 Å². The van der Waals surface area contributed by atoms with Crippen LogP contribution in [-0.2, 0) is 6.42 Å². The van der Waals surface area contributed by atoms with E-state index in [4.69, 9.17) is 0 Å². The zero-order valence-electron chi connectivity index (χ0n) is 13.1. The quantitative estimate of drug-likeness (QED) is 0.777. The van der Waals surface area contributed by atoms with Gasteiger partial charge in [0.15, 0.2) is 0 Å². The van der Waals surface area contributed by atoms with E-state index in [0.717, 1.165) is 30.5 Å². The average molecular weight is 285 g/mol. The first-order chi connectivity index (χ1) is 10.2. The summed E-state index contributed by atoms with van der Waals surface area (Å²) in [6.45, 7) is 7.36. The van der Waals surface area contributed by atoms with Crippen LogP contribution < -0.4 is 5.32 Å². The molecule has 2 aromatic rings. The maximum Gasteiger partial charge on any atom is 0.131 e. The van der Waals surface area contributed by atoms with Gasteiger partial charge in [-0.15, -0.1) is 0 Å². The van der Waals surface area contributed by atoms with Crippen LogP contribution in [0.25, 0.3) is 11.1 Å². The Hall–Kier alpha value is -1.67. The van der Waals surface area contributed by atoms with Crippen molar-refractivity contribution in [1.82, 2.24) is 5.32 Å². The fourth-order valence-corrected chi connectivity index (χ4v) is 2.43. The van der Waals surface area contributed by atoms with Gasteiger partial charge in [0, 0.05) is 11.6 Å². The summed E-state index contributed by atoms with van der Waals surface area (Å²) in [7, 11) is 0. The highest BCUT2D eigenvalue weighted by atomic mass is 19.1. The summed E-state index contributed by atoms with van der Waals surface area (Å²) >= 11 is 0. The summed E-state index contributed by atoms with van der Waals surface area (Å²) in [5.41, 5.74) is 4.02. The van der Waals surface area contributed by atoms with Crippen LogP contribution in [0.2, 0.25) is 0 Å². The number of nitrogens with one attached hydrogen (secondary N) is 1. The highest BCUT2D eigenvalue weighted by Crippen LogP contribution is 2.26. The minimum absolute atomic E-state index is 0.161. The lowest BCUT2D eigenvalue weighted by Crippen LogP contribution is -2.19. The third kappa shape index (κ3) is 3.92. The first kappa shape index (κ1) is 15.7. The van der Waals surface area contributed by atoms with Gasteiger partial charge >= 0.3 is 0 Å². The van der Waals surface area contributed by atoms with Crippen molar-refractivity contribution in [3.8, 4) is 11.1 Å². The van der Waals surface area contributed by atoms with Gasteiger partial charge in [0.05, 0.1) is 0 Å². The molecule has 0 saturated carbocycles. The van der Waals surface area contributed by atoms with E-state index in [1.807, 2.05) is 24.3 Å². The minimum Gasteiger partial charge on any atom is -0.310 e. The Morgan fingerprint density at radius 2 is 1.76 bits per heavy atom. The van der Waals surface area contributed by atoms with Crippen LogP contribution in [-0.4, -0.2) is 6.54 Å². The topological polar surface area (TPSA) is 12.0 Å². The van der Waals surface area contributed by atoms with Crippen LogP contribution >= 0.6 is 0 Å². The first-order valence-corrected chi connectivity index (χ1v) is 7.77. The van der Waals surface area contributed by atoms with Crippen LogP contribution in [0.1, 0.15) is 44.4 Å². The van der Waals surface area contributed by atoms with E-state index in [2.05, 4.69) is 38.2 Å². The van der Waals surface area contributed by atoms with E-state index >= 15 is 0 Å². The van der Waals surface area contributed by atoms with Crippen LogP contribution in [0.5, 0.6) is 0 Å². The van der Waals surface area contributed by atoms with Crippen molar-refractivity contribution in [2.45, 2.75) is 39.7 Å². The summed E-state index contributed by atoms with van der Waals surface area (Å²) in [6, 6.07) is 13.8. The highest BCUT2D eigenvalue weighted by Gasteiger charge is 2.10. The summed E-state index contributed by atoms with van der Waals surface area (Å²) in [6.07, 6.45) is 2.09. The zero-order valence-corrected chi connectivity index (χ0v) is 13.1. The molecule has 112 valence electrons. The molecule has 0 bridgehead atoms. The molecule has 0 aromatic heterocycles. The number of aryl methyl sites for hydroxylation is 1. The van der Waals surface area contributed by atoms with Gasteiger partial charge in [-0.2, -0.15) is 0 Å². The Labute approximate surface area is 127 Å². The second-order valence-electron chi connectivity index (χ2n) is 5.47. The molecule has 2 aromatic carbocycles. The van der Waals surface area contributed by atoms with Crippen molar-refractivity contribution in [1.29, 1.82) is 0 Å². The molecule has 1 atom stereocenters. The lowest BCUT2D eigenvalue weighted by atomic mass is 9.98. The molecule has 0 radical (unpaired) electrons. The molecule has 0 aliphatic carbocycles. The van der Waals surface area contributed by atoms with E-state index in [0.29, 0.717) is 5.56 Å². The molecule has 2 heteroatoms. The molecule has 0 heterocycles. The standard InChI is InChI=1S/C19H24FN/c1-4-12-21-14(3)17-10-11-19(20)18(13-17)16-8-6-15(5-2)7-9-16/h6-11,13-14,21H,4-5,12H2,1-3H3. The Morgan fingerprint density at radius 3 is 2.38 bits per heavy atom. The van der Waals surface area contributed by atoms with Gasteiger partial charge in [0.1, 0.15) is 5.82 Å². The van der Waals surface area contributed by atoms with Crippen molar-refractivity contribution < 1.29 is 4.39 Å². The molecule has 0 aliphatic rings. The maximum absolute atomic E-state index is 14.1. The molecule has 1 unspecified atom stereocenters. The molecule has 0 fully saturated rings. The second-order valence-corrected chi connectivity index (χ2v) is 5.47. The molecule has 21 heavy (non-hydrogen) atoms. The van der Waals surface area contributed by atoms with E-state index in [1.54, 1.807) is 6.07 Å². The molecule has 0 saturated heterocycles. The largest absolute Gasteiger partial charge is 0.310 e. The van der Waals surface area contributed by atoms with Crippen molar-refractivity contribution in [3.05, 3.63) is 59.4 Å². The molecule has 2 rings (SSSR count). The minimum atomic E-state index is -0.161. The fraction of sp³-hybridized carbons (Fsp3) is 0.368. The first-order valence-electron chi connectivity index (χ1n) is 7.77. The van der Waals surface area contributed by atoms with E-state index in [-0.39, 0.29) is 11.9 Å². The van der Waals surface area contributed by atoms with Crippen LogP contribution in [0.15, 0.2) is 42.5 Å². The van der Waals surface area contributed by atoms with Crippen molar-refractivity contribution >= 4 is 0 Å².